The molecule has 1 amide bonds. The zero-order chi connectivity index (χ0) is 10.4. The summed E-state index contributed by atoms with van der Waals surface area (Å²) in [6.07, 6.45) is 2.46. The van der Waals surface area contributed by atoms with Crippen molar-refractivity contribution in [2.45, 2.75) is 13.3 Å². The van der Waals surface area contributed by atoms with E-state index in [0.29, 0.717) is 24.0 Å². The van der Waals surface area contributed by atoms with Gasteiger partial charge in [0, 0.05) is 18.6 Å². The van der Waals surface area contributed by atoms with Crippen LogP contribution in [-0.2, 0) is 0 Å². The molecule has 1 unspecified atom stereocenters. The number of carbonyl (C=O) groups excluding carboxylic acids is 1. The third-order valence-electron chi connectivity index (χ3n) is 1.96. The minimum Gasteiger partial charge on any atom is -0.350 e. The van der Waals surface area contributed by atoms with Crippen molar-refractivity contribution in [2.75, 3.05) is 12.4 Å². The zero-order valence-electron chi connectivity index (χ0n) is 8.09. The Morgan fingerprint density at radius 1 is 1.79 bits per heavy atom. The van der Waals surface area contributed by atoms with Crippen molar-refractivity contribution < 1.29 is 4.79 Å². The number of rotatable bonds is 5. The summed E-state index contributed by atoms with van der Waals surface area (Å²) in [7, 11) is 0. The first-order valence-corrected chi connectivity index (χ1v) is 5.11. The van der Waals surface area contributed by atoms with E-state index in [4.69, 9.17) is 11.6 Å². The van der Waals surface area contributed by atoms with E-state index in [1.165, 1.54) is 0 Å². The van der Waals surface area contributed by atoms with Gasteiger partial charge in [-0.15, -0.1) is 11.6 Å². The zero-order valence-corrected chi connectivity index (χ0v) is 8.84. The molecular weight excluding hydrogens is 202 g/mol. The second-order valence-corrected chi connectivity index (χ2v) is 3.64. The van der Waals surface area contributed by atoms with Gasteiger partial charge >= 0.3 is 0 Å². The molecule has 14 heavy (non-hydrogen) atoms. The van der Waals surface area contributed by atoms with Crippen LogP contribution in [0, 0.1) is 5.92 Å². The minimum absolute atomic E-state index is 0.121. The first kappa shape index (κ1) is 11.0. The Balaban J connectivity index is 2.28. The molecule has 1 aromatic heterocycles. The standard InChI is InChI=1S/C9H14ClN3O/c1-7(2-4-10)6-11-9(14)8-3-5-12-13-8/h3,5,7H,2,4,6H2,1H3,(H,11,14)(H,12,13). The van der Waals surface area contributed by atoms with Crippen LogP contribution >= 0.6 is 11.6 Å². The molecule has 0 aliphatic rings. The monoisotopic (exact) mass is 215 g/mol. The number of alkyl halides is 1. The quantitative estimate of drug-likeness (QED) is 0.730. The maximum atomic E-state index is 11.4. The molecule has 1 aromatic rings. The molecular formula is C9H14ClN3O. The number of hydrogen-bond donors (Lipinski definition) is 2. The van der Waals surface area contributed by atoms with Crippen molar-refractivity contribution in [3.8, 4) is 0 Å². The van der Waals surface area contributed by atoms with E-state index in [1.54, 1.807) is 12.3 Å². The average Bonchev–Trinajstić information content (AvgIpc) is 2.67. The van der Waals surface area contributed by atoms with Gasteiger partial charge in [-0.05, 0) is 18.4 Å². The molecule has 1 rings (SSSR count). The summed E-state index contributed by atoms with van der Waals surface area (Å²) in [6, 6.07) is 1.64. The van der Waals surface area contributed by atoms with Gasteiger partial charge in [-0.2, -0.15) is 5.10 Å². The number of aromatic amines is 1. The Morgan fingerprint density at radius 3 is 3.14 bits per heavy atom. The molecule has 5 heteroatoms. The Hall–Kier alpha value is -1.03. The summed E-state index contributed by atoms with van der Waals surface area (Å²) in [6.45, 7) is 2.69. The Morgan fingerprint density at radius 2 is 2.57 bits per heavy atom. The van der Waals surface area contributed by atoms with Crippen LogP contribution in [0.2, 0.25) is 0 Å². The largest absolute Gasteiger partial charge is 0.350 e. The Kier molecular flexibility index (Phi) is 4.46. The van der Waals surface area contributed by atoms with Gasteiger partial charge < -0.3 is 5.32 Å². The van der Waals surface area contributed by atoms with Gasteiger partial charge in [-0.25, -0.2) is 0 Å². The third kappa shape index (κ3) is 3.38. The lowest BCUT2D eigenvalue weighted by molar-refractivity contribution is 0.0943. The van der Waals surface area contributed by atoms with E-state index in [9.17, 15) is 4.79 Å². The molecule has 0 radical (unpaired) electrons. The number of nitrogens with one attached hydrogen (secondary N) is 2. The number of nitrogens with zero attached hydrogens (tertiary/aromatic N) is 1. The van der Waals surface area contributed by atoms with Crippen LogP contribution in [0.3, 0.4) is 0 Å². The number of amides is 1. The smallest absolute Gasteiger partial charge is 0.269 e. The lowest BCUT2D eigenvalue weighted by Gasteiger charge is -2.09. The first-order valence-electron chi connectivity index (χ1n) is 4.57. The molecule has 0 aromatic carbocycles. The second-order valence-electron chi connectivity index (χ2n) is 3.26. The lowest BCUT2D eigenvalue weighted by atomic mass is 10.1. The number of aromatic nitrogens is 2. The highest BCUT2D eigenvalue weighted by Crippen LogP contribution is 2.01. The molecule has 0 saturated heterocycles. The molecule has 1 atom stereocenters. The summed E-state index contributed by atoms with van der Waals surface area (Å²) in [4.78, 5) is 11.4. The molecule has 0 bridgehead atoms. The lowest BCUT2D eigenvalue weighted by Crippen LogP contribution is -2.28. The summed E-state index contributed by atoms with van der Waals surface area (Å²) >= 11 is 5.58. The summed E-state index contributed by atoms with van der Waals surface area (Å²) in [5.74, 6) is 0.907. The molecule has 1 heterocycles. The first-order chi connectivity index (χ1) is 6.74. The van der Waals surface area contributed by atoms with E-state index in [1.807, 2.05) is 0 Å². The number of halogens is 1. The number of carbonyl (C=O) groups is 1. The van der Waals surface area contributed by atoms with E-state index in [-0.39, 0.29) is 5.91 Å². The number of H-pyrrole nitrogens is 1. The van der Waals surface area contributed by atoms with Gasteiger partial charge in [-0.3, -0.25) is 9.89 Å². The normalized spacial score (nSPS) is 12.4. The highest BCUT2D eigenvalue weighted by molar-refractivity contribution is 6.17. The van der Waals surface area contributed by atoms with Crippen molar-refractivity contribution in [1.29, 1.82) is 0 Å². The van der Waals surface area contributed by atoms with E-state index < -0.39 is 0 Å². The van der Waals surface area contributed by atoms with E-state index in [0.717, 1.165) is 6.42 Å². The number of hydrogen-bond acceptors (Lipinski definition) is 2. The maximum Gasteiger partial charge on any atom is 0.269 e. The molecule has 0 spiro atoms. The highest BCUT2D eigenvalue weighted by atomic mass is 35.5. The summed E-state index contributed by atoms with van der Waals surface area (Å²) in [5, 5.41) is 9.11. The fraction of sp³-hybridized carbons (Fsp3) is 0.556. The van der Waals surface area contributed by atoms with Crippen molar-refractivity contribution in [3.63, 3.8) is 0 Å². The average molecular weight is 216 g/mol. The van der Waals surface area contributed by atoms with Crippen LogP contribution in [0.5, 0.6) is 0 Å². The van der Waals surface area contributed by atoms with Crippen molar-refractivity contribution in [1.82, 2.24) is 15.5 Å². The molecule has 78 valence electrons. The van der Waals surface area contributed by atoms with Crippen LogP contribution in [0.15, 0.2) is 12.3 Å². The van der Waals surface area contributed by atoms with Crippen LogP contribution in [-0.4, -0.2) is 28.5 Å². The maximum absolute atomic E-state index is 11.4. The van der Waals surface area contributed by atoms with Gasteiger partial charge in [0.05, 0.1) is 0 Å². The van der Waals surface area contributed by atoms with Crippen LogP contribution in [0.25, 0.3) is 0 Å². The molecule has 4 nitrogen and oxygen atoms in total. The van der Waals surface area contributed by atoms with Crippen molar-refractivity contribution in [3.05, 3.63) is 18.0 Å². The van der Waals surface area contributed by atoms with Crippen LogP contribution in [0.1, 0.15) is 23.8 Å². The van der Waals surface area contributed by atoms with Crippen molar-refractivity contribution in [2.24, 2.45) is 5.92 Å². The van der Waals surface area contributed by atoms with Gasteiger partial charge in [0.2, 0.25) is 0 Å². The van der Waals surface area contributed by atoms with Gasteiger partial charge in [0.1, 0.15) is 5.69 Å². The molecule has 0 aliphatic carbocycles. The van der Waals surface area contributed by atoms with Crippen LogP contribution < -0.4 is 5.32 Å². The molecule has 0 fully saturated rings. The van der Waals surface area contributed by atoms with Gasteiger partial charge in [-0.1, -0.05) is 6.92 Å². The topological polar surface area (TPSA) is 57.8 Å². The molecule has 0 saturated carbocycles. The van der Waals surface area contributed by atoms with Gasteiger partial charge in [0.15, 0.2) is 0 Å². The van der Waals surface area contributed by atoms with E-state index >= 15 is 0 Å². The second kappa shape index (κ2) is 5.65. The molecule has 2 N–H and O–H groups in total. The van der Waals surface area contributed by atoms with E-state index in [2.05, 4.69) is 22.4 Å². The SMILES string of the molecule is CC(CCCl)CNC(=O)c1ccn[nH]1. The minimum atomic E-state index is -0.121. The Bertz CT molecular complexity index is 274. The summed E-state index contributed by atoms with van der Waals surface area (Å²) < 4.78 is 0. The van der Waals surface area contributed by atoms with Gasteiger partial charge in [0.25, 0.3) is 5.91 Å². The fourth-order valence-corrected chi connectivity index (χ4v) is 1.41. The highest BCUT2D eigenvalue weighted by Gasteiger charge is 2.07. The predicted octanol–water partition coefficient (Wildman–Crippen LogP) is 1.40. The Labute approximate surface area is 88.0 Å². The van der Waals surface area contributed by atoms with Crippen LogP contribution in [0.4, 0.5) is 0 Å². The fourth-order valence-electron chi connectivity index (χ4n) is 1.03. The third-order valence-corrected chi connectivity index (χ3v) is 2.18. The van der Waals surface area contributed by atoms with Crippen molar-refractivity contribution >= 4 is 17.5 Å². The predicted molar refractivity (Wildman–Crippen MR) is 55.4 cm³/mol. The summed E-state index contributed by atoms with van der Waals surface area (Å²) in [5.41, 5.74) is 0.489. The molecule has 0 aliphatic heterocycles.